The van der Waals surface area contributed by atoms with Crippen LogP contribution >= 0.6 is 0 Å². The van der Waals surface area contributed by atoms with Crippen LogP contribution in [0.4, 0.5) is 0 Å². The lowest BCUT2D eigenvalue weighted by Crippen LogP contribution is -2.00. The first-order valence-electron chi connectivity index (χ1n) is 7.73. The van der Waals surface area contributed by atoms with E-state index in [-0.39, 0.29) is 5.97 Å². The largest absolute Gasteiger partial charge is 0.489 e. The lowest BCUT2D eigenvalue weighted by molar-refractivity contribution is -0.137. The Bertz CT molecular complexity index is 688. The Labute approximate surface area is 137 Å². The molecule has 2 aromatic carbocycles. The molecule has 0 aliphatic carbocycles. The van der Waals surface area contributed by atoms with Gasteiger partial charge in [0.1, 0.15) is 12.4 Å². The zero-order chi connectivity index (χ0) is 16.7. The van der Waals surface area contributed by atoms with Crippen molar-refractivity contribution >= 4 is 12.0 Å². The fourth-order valence-corrected chi connectivity index (χ4v) is 2.24. The van der Waals surface area contributed by atoms with Crippen molar-refractivity contribution in [1.82, 2.24) is 0 Å². The Morgan fingerprint density at radius 2 is 1.78 bits per heavy atom. The van der Waals surface area contributed by atoms with E-state index in [1.165, 1.54) is 6.08 Å². The number of esters is 1. The molecular formula is C20H22O3. The molecule has 2 rings (SSSR count). The first-order valence-corrected chi connectivity index (χ1v) is 7.73. The molecule has 0 unspecified atom stereocenters. The summed E-state index contributed by atoms with van der Waals surface area (Å²) >= 11 is 0. The highest BCUT2D eigenvalue weighted by Gasteiger charge is 2.06. The lowest BCUT2D eigenvalue weighted by Gasteiger charge is -2.13. The van der Waals surface area contributed by atoms with Gasteiger partial charge >= 0.3 is 5.97 Å². The number of carbonyl (C=O) groups excluding carboxylic acids is 1. The molecule has 120 valence electrons. The van der Waals surface area contributed by atoms with Crippen LogP contribution in [0.5, 0.6) is 5.75 Å². The Morgan fingerprint density at radius 1 is 1.04 bits per heavy atom. The Morgan fingerprint density at radius 3 is 2.48 bits per heavy atom. The standard InChI is InChI=1S/C20H22O3/c1-4-22-20(21)13-11-18-10-12-19(16(3)15(18)2)23-14-17-8-6-5-7-9-17/h5-13H,4,14H2,1-3H3. The first kappa shape index (κ1) is 16.8. The molecule has 0 aromatic heterocycles. The van der Waals surface area contributed by atoms with Crippen LogP contribution in [0.1, 0.15) is 29.2 Å². The van der Waals surface area contributed by atoms with E-state index in [4.69, 9.17) is 9.47 Å². The molecular weight excluding hydrogens is 288 g/mol. The molecule has 0 saturated heterocycles. The third-order valence-electron chi connectivity index (χ3n) is 3.70. The van der Waals surface area contributed by atoms with Crippen LogP contribution in [0.3, 0.4) is 0 Å². The summed E-state index contributed by atoms with van der Waals surface area (Å²) in [5, 5.41) is 0. The van der Waals surface area contributed by atoms with Crippen molar-refractivity contribution in [2.24, 2.45) is 0 Å². The normalized spacial score (nSPS) is 10.7. The summed E-state index contributed by atoms with van der Waals surface area (Å²) in [6, 6.07) is 14.0. The fourth-order valence-electron chi connectivity index (χ4n) is 2.24. The van der Waals surface area contributed by atoms with Gasteiger partial charge in [0, 0.05) is 6.08 Å². The van der Waals surface area contributed by atoms with Crippen LogP contribution in [0, 0.1) is 13.8 Å². The minimum atomic E-state index is -0.325. The van der Waals surface area contributed by atoms with Gasteiger partial charge < -0.3 is 9.47 Å². The van der Waals surface area contributed by atoms with Crippen LogP contribution in [0.15, 0.2) is 48.5 Å². The van der Waals surface area contributed by atoms with Crippen molar-refractivity contribution < 1.29 is 14.3 Å². The summed E-state index contributed by atoms with van der Waals surface area (Å²) in [4.78, 5) is 11.4. The molecule has 0 heterocycles. The van der Waals surface area contributed by atoms with Gasteiger partial charge in [-0.15, -0.1) is 0 Å². The van der Waals surface area contributed by atoms with Crippen molar-refractivity contribution in [2.75, 3.05) is 6.61 Å². The topological polar surface area (TPSA) is 35.5 Å². The average Bonchev–Trinajstić information content (AvgIpc) is 2.56. The van der Waals surface area contributed by atoms with Gasteiger partial charge in [-0.05, 0) is 55.2 Å². The third kappa shape index (κ3) is 4.71. The van der Waals surface area contributed by atoms with E-state index in [1.807, 2.05) is 56.3 Å². The summed E-state index contributed by atoms with van der Waals surface area (Å²) in [6.45, 7) is 6.76. The third-order valence-corrected chi connectivity index (χ3v) is 3.70. The second-order valence-electron chi connectivity index (χ2n) is 5.26. The molecule has 0 bridgehead atoms. The lowest BCUT2D eigenvalue weighted by atomic mass is 10.0. The number of rotatable bonds is 6. The van der Waals surface area contributed by atoms with E-state index >= 15 is 0 Å². The number of hydrogen-bond donors (Lipinski definition) is 0. The second kappa shape index (κ2) is 8.18. The summed E-state index contributed by atoms with van der Waals surface area (Å²) in [7, 11) is 0. The SMILES string of the molecule is CCOC(=O)C=Cc1ccc(OCc2ccccc2)c(C)c1C. The molecule has 2 aromatic rings. The van der Waals surface area contributed by atoms with Crippen LogP contribution < -0.4 is 4.74 Å². The summed E-state index contributed by atoms with van der Waals surface area (Å²) in [6.07, 6.45) is 3.23. The maximum Gasteiger partial charge on any atom is 0.330 e. The van der Waals surface area contributed by atoms with Crippen LogP contribution in [-0.2, 0) is 16.1 Å². The smallest absolute Gasteiger partial charge is 0.330 e. The number of ether oxygens (including phenoxy) is 2. The number of hydrogen-bond acceptors (Lipinski definition) is 3. The Balaban J connectivity index is 2.09. The quantitative estimate of drug-likeness (QED) is 0.584. The molecule has 0 spiro atoms. The van der Waals surface area contributed by atoms with E-state index in [1.54, 1.807) is 13.0 Å². The molecule has 0 radical (unpaired) electrons. The Kier molecular flexibility index (Phi) is 5.98. The zero-order valence-electron chi connectivity index (χ0n) is 13.8. The van der Waals surface area contributed by atoms with Gasteiger partial charge in [-0.3, -0.25) is 0 Å². The van der Waals surface area contributed by atoms with Crippen molar-refractivity contribution in [2.45, 2.75) is 27.4 Å². The van der Waals surface area contributed by atoms with E-state index in [0.29, 0.717) is 13.2 Å². The van der Waals surface area contributed by atoms with Crippen LogP contribution in [0.25, 0.3) is 6.08 Å². The van der Waals surface area contributed by atoms with Gasteiger partial charge in [-0.25, -0.2) is 4.79 Å². The van der Waals surface area contributed by atoms with Gasteiger partial charge in [0.15, 0.2) is 0 Å². The van der Waals surface area contributed by atoms with E-state index in [2.05, 4.69) is 0 Å². The van der Waals surface area contributed by atoms with Crippen molar-refractivity contribution in [3.63, 3.8) is 0 Å². The molecule has 3 nitrogen and oxygen atoms in total. The molecule has 0 N–H and O–H groups in total. The monoisotopic (exact) mass is 310 g/mol. The predicted octanol–water partition coefficient (Wildman–Crippen LogP) is 4.46. The van der Waals surface area contributed by atoms with Gasteiger partial charge in [-0.1, -0.05) is 36.4 Å². The van der Waals surface area contributed by atoms with Crippen molar-refractivity contribution in [3.05, 3.63) is 70.8 Å². The van der Waals surface area contributed by atoms with E-state index in [0.717, 1.165) is 28.0 Å². The molecule has 23 heavy (non-hydrogen) atoms. The van der Waals surface area contributed by atoms with Crippen molar-refractivity contribution in [1.29, 1.82) is 0 Å². The molecule has 0 aliphatic rings. The second-order valence-corrected chi connectivity index (χ2v) is 5.26. The maximum absolute atomic E-state index is 11.4. The summed E-state index contributed by atoms with van der Waals surface area (Å²) < 4.78 is 10.8. The molecule has 0 atom stereocenters. The highest BCUT2D eigenvalue weighted by Crippen LogP contribution is 2.26. The maximum atomic E-state index is 11.4. The first-order chi connectivity index (χ1) is 11.1. The van der Waals surface area contributed by atoms with Crippen LogP contribution in [0.2, 0.25) is 0 Å². The highest BCUT2D eigenvalue weighted by atomic mass is 16.5. The molecule has 0 saturated carbocycles. The van der Waals surface area contributed by atoms with Gasteiger partial charge in [0.2, 0.25) is 0 Å². The Hall–Kier alpha value is -2.55. The summed E-state index contributed by atoms with van der Waals surface area (Å²) in [5.74, 6) is 0.536. The number of carbonyl (C=O) groups is 1. The molecule has 3 heteroatoms. The average molecular weight is 310 g/mol. The molecule has 0 aliphatic heterocycles. The zero-order valence-corrected chi connectivity index (χ0v) is 13.8. The summed E-state index contributed by atoms with van der Waals surface area (Å²) in [5.41, 5.74) is 4.29. The van der Waals surface area contributed by atoms with Crippen LogP contribution in [-0.4, -0.2) is 12.6 Å². The van der Waals surface area contributed by atoms with Gasteiger partial charge in [-0.2, -0.15) is 0 Å². The molecule has 0 amide bonds. The minimum absolute atomic E-state index is 0.325. The van der Waals surface area contributed by atoms with E-state index < -0.39 is 0 Å². The van der Waals surface area contributed by atoms with Gasteiger partial charge in [0.25, 0.3) is 0 Å². The number of benzene rings is 2. The predicted molar refractivity (Wildman–Crippen MR) is 92.4 cm³/mol. The van der Waals surface area contributed by atoms with Crippen molar-refractivity contribution in [3.8, 4) is 5.75 Å². The highest BCUT2D eigenvalue weighted by molar-refractivity contribution is 5.87. The minimum Gasteiger partial charge on any atom is -0.489 e. The van der Waals surface area contributed by atoms with Gasteiger partial charge in [0.05, 0.1) is 6.61 Å². The fraction of sp³-hybridized carbons (Fsp3) is 0.250. The van der Waals surface area contributed by atoms with E-state index in [9.17, 15) is 4.79 Å². The molecule has 0 fully saturated rings.